The molecule has 0 N–H and O–H groups in total. The molecule has 0 atom stereocenters. The van der Waals surface area contributed by atoms with Crippen molar-refractivity contribution in [2.24, 2.45) is 0 Å². The Bertz CT molecular complexity index is 658. The molecule has 0 bridgehead atoms. The minimum atomic E-state index is -4.46. The van der Waals surface area contributed by atoms with Crippen LogP contribution >= 0.6 is 0 Å². The summed E-state index contributed by atoms with van der Waals surface area (Å²) in [5.74, 6) is -0.136. The third-order valence-corrected chi connectivity index (χ3v) is 6.03. The lowest BCUT2D eigenvalue weighted by Gasteiger charge is -2.36. The Kier molecular flexibility index (Phi) is 5.69. The molecule has 1 aromatic rings. The summed E-state index contributed by atoms with van der Waals surface area (Å²) in [6.45, 7) is 2.30. The molecule has 1 saturated heterocycles. The number of halogens is 3. The van der Waals surface area contributed by atoms with Crippen LogP contribution in [-0.2, 0) is 10.0 Å². The van der Waals surface area contributed by atoms with Gasteiger partial charge in [-0.15, -0.1) is 0 Å². The van der Waals surface area contributed by atoms with Gasteiger partial charge in [-0.05, 0) is 19.8 Å². The highest BCUT2D eigenvalue weighted by Gasteiger charge is 2.34. The predicted molar refractivity (Wildman–Crippen MR) is 84.2 cm³/mol. The van der Waals surface area contributed by atoms with Crippen molar-refractivity contribution in [2.45, 2.75) is 38.4 Å². The number of alkyl halides is 3. The number of aromatic nitrogens is 2. The van der Waals surface area contributed by atoms with E-state index in [4.69, 9.17) is 0 Å². The Balaban J connectivity index is 1.93. The molecule has 0 aromatic carbocycles. The first-order valence-corrected chi connectivity index (χ1v) is 9.25. The van der Waals surface area contributed by atoms with E-state index in [0.717, 1.165) is 15.8 Å². The first kappa shape index (κ1) is 18.9. The number of rotatable bonds is 5. The van der Waals surface area contributed by atoms with E-state index in [9.17, 15) is 21.6 Å². The first-order chi connectivity index (χ1) is 11.1. The smallest absolute Gasteiger partial charge is 0.356 e. The van der Waals surface area contributed by atoms with E-state index in [-0.39, 0.29) is 19.1 Å². The molecule has 0 spiro atoms. The van der Waals surface area contributed by atoms with Crippen LogP contribution in [0, 0.1) is 6.92 Å². The van der Waals surface area contributed by atoms with Crippen LogP contribution in [0.1, 0.15) is 25.0 Å². The maximum Gasteiger partial charge on any atom is 0.390 e. The van der Waals surface area contributed by atoms with Gasteiger partial charge in [-0.25, -0.2) is 22.7 Å². The summed E-state index contributed by atoms with van der Waals surface area (Å²) in [6, 6.07) is 1.93. The minimum Gasteiger partial charge on any atom is -0.356 e. The van der Waals surface area contributed by atoms with Crippen LogP contribution in [0.25, 0.3) is 0 Å². The molecule has 2 heterocycles. The van der Waals surface area contributed by atoms with E-state index in [2.05, 4.69) is 9.97 Å². The van der Waals surface area contributed by atoms with Gasteiger partial charge >= 0.3 is 6.18 Å². The summed E-state index contributed by atoms with van der Waals surface area (Å²) in [5.41, 5.74) is 0.832. The molecule has 2 rings (SSSR count). The number of aryl methyl sites for hydroxylation is 1. The highest BCUT2D eigenvalue weighted by Crippen LogP contribution is 2.25. The van der Waals surface area contributed by atoms with E-state index >= 15 is 0 Å². The Morgan fingerprint density at radius 2 is 1.92 bits per heavy atom. The third-order valence-electron chi connectivity index (χ3n) is 4.16. The Labute approximate surface area is 139 Å². The van der Waals surface area contributed by atoms with Gasteiger partial charge in [-0.3, -0.25) is 0 Å². The van der Waals surface area contributed by atoms with Crippen LogP contribution in [-0.4, -0.2) is 60.8 Å². The number of hydrogen-bond donors (Lipinski definition) is 0. The van der Waals surface area contributed by atoms with Crippen LogP contribution in [0.5, 0.6) is 0 Å². The zero-order chi connectivity index (χ0) is 18.0. The molecule has 0 aliphatic carbocycles. The van der Waals surface area contributed by atoms with Gasteiger partial charge in [0, 0.05) is 37.9 Å². The third kappa shape index (κ3) is 5.04. The van der Waals surface area contributed by atoms with Crippen molar-refractivity contribution >= 4 is 15.8 Å². The molecule has 0 saturated carbocycles. The predicted octanol–water partition coefficient (Wildman–Crippen LogP) is 1.97. The van der Waals surface area contributed by atoms with E-state index < -0.39 is 28.4 Å². The topological polar surface area (TPSA) is 66.4 Å². The Morgan fingerprint density at radius 3 is 2.46 bits per heavy atom. The SMILES string of the molecule is Cc1cc(N(C)C2CCN(S(=O)(=O)CCC(F)(F)F)CC2)ncn1. The lowest BCUT2D eigenvalue weighted by molar-refractivity contribution is -0.130. The van der Waals surface area contributed by atoms with Crippen LogP contribution in [0.4, 0.5) is 19.0 Å². The van der Waals surface area contributed by atoms with Crippen molar-refractivity contribution in [1.82, 2.24) is 14.3 Å². The van der Waals surface area contributed by atoms with Crippen molar-refractivity contribution < 1.29 is 21.6 Å². The number of nitrogens with zero attached hydrogens (tertiary/aromatic N) is 4. The van der Waals surface area contributed by atoms with Crippen LogP contribution in [0.2, 0.25) is 0 Å². The molecule has 1 aromatic heterocycles. The zero-order valence-corrected chi connectivity index (χ0v) is 14.4. The number of piperidine rings is 1. The summed E-state index contributed by atoms with van der Waals surface area (Å²) >= 11 is 0. The second-order valence-electron chi connectivity index (χ2n) is 5.94. The maximum atomic E-state index is 12.2. The van der Waals surface area contributed by atoms with Crippen molar-refractivity contribution in [3.63, 3.8) is 0 Å². The van der Waals surface area contributed by atoms with E-state index in [1.807, 2.05) is 24.9 Å². The van der Waals surface area contributed by atoms with Crippen molar-refractivity contribution in [3.05, 3.63) is 18.1 Å². The lowest BCUT2D eigenvalue weighted by Crippen LogP contribution is -2.46. The number of anilines is 1. The number of sulfonamides is 1. The standard InChI is InChI=1S/C14H21F3N4O2S/c1-11-9-13(19-10-18-11)20(2)12-3-6-21(7-4-12)24(22,23)8-5-14(15,16)17/h9-10,12H,3-8H2,1-2H3. The van der Waals surface area contributed by atoms with Crippen LogP contribution in [0.15, 0.2) is 12.4 Å². The average Bonchev–Trinajstić information content (AvgIpc) is 2.52. The normalized spacial score (nSPS) is 17.9. The molecule has 1 aliphatic heterocycles. The molecule has 0 amide bonds. The highest BCUT2D eigenvalue weighted by atomic mass is 32.2. The van der Waals surface area contributed by atoms with E-state index in [0.29, 0.717) is 12.8 Å². The van der Waals surface area contributed by atoms with Gasteiger partial charge in [0.2, 0.25) is 10.0 Å². The fourth-order valence-corrected chi connectivity index (χ4v) is 4.22. The fourth-order valence-electron chi connectivity index (χ4n) is 2.70. The van der Waals surface area contributed by atoms with Crippen LogP contribution in [0.3, 0.4) is 0 Å². The molecule has 10 heteroatoms. The minimum absolute atomic E-state index is 0.0911. The molecular formula is C14H21F3N4O2S. The summed E-state index contributed by atoms with van der Waals surface area (Å²) in [4.78, 5) is 10.2. The van der Waals surface area contributed by atoms with Crippen LogP contribution < -0.4 is 4.90 Å². The van der Waals surface area contributed by atoms with Gasteiger partial charge in [0.1, 0.15) is 12.1 Å². The highest BCUT2D eigenvalue weighted by molar-refractivity contribution is 7.89. The fraction of sp³-hybridized carbons (Fsp3) is 0.714. The van der Waals surface area contributed by atoms with Crippen molar-refractivity contribution in [3.8, 4) is 0 Å². The van der Waals surface area contributed by atoms with Crippen molar-refractivity contribution in [1.29, 1.82) is 0 Å². The summed E-state index contributed by atoms with van der Waals surface area (Å²) in [6.07, 6.45) is -3.21. The lowest BCUT2D eigenvalue weighted by atomic mass is 10.1. The second kappa shape index (κ2) is 7.22. The Morgan fingerprint density at radius 1 is 1.29 bits per heavy atom. The molecule has 0 radical (unpaired) electrons. The molecule has 1 fully saturated rings. The van der Waals surface area contributed by atoms with Gasteiger partial charge in [0.25, 0.3) is 0 Å². The monoisotopic (exact) mass is 366 g/mol. The van der Waals surface area contributed by atoms with E-state index in [1.54, 1.807) is 0 Å². The molecular weight excluding hydrogens is 345 g/mol. The van der Waals surface area contributed by atoms with Gasteiger partial charge in [-0.2, -0.15) is 13.2 Å². The molecule has 0 unspecified atom stereocenters. The van der Waals surface area contributed by atoms with Gasteiger partial charge < -0.3 is 4.90 Å². The number of hydrogen-bond acceptors (Lipinski definition) is 5. The van der Waals surface area contributed by atoms with Gasteiger partial charge in [0.05, 0.1) is 12.2 Å². The quantitative estimate of drug-likeness (QED) is 0.797. The zero-order valence-electron chi connectivity index (χ0n) is 13.6. The van der Waals surface area contributed by atoms with E-state index in [1.165, 1.54) is 6.33 Å². The summed E-state index contributed by atoms with van der Waals surface area (Å²) in [7, 11) is -1.99. The molecule has 6 nitrogen and oxygen atoms in total. The maximum absolute atomic E-state index is 12.2. The summed E-state index contributed by atoms with van der Waals surface area (Å²) < 4.78 is 61.9. The van der Waals surface area contributed by atoms with Gasteiger partial charge in [0.15, 0.2) is 0 Å². The Hall–Kier alpha value is -1.42. The molecule has 24 heavy (non-hydrogen) atoms. The largest absolute Gasteiger partial charge is 0.390 e. The van der Waals surface area contributed by atoms with Gasteiger partial charge in [-0.1, -0.05) is 0 Å². The first-order valence-electron chi connectivity index (χ1n) is 7.64. The van der Waals surface area contributed by atoms with Crippen molar-refractivity contribution in [2.75, 3.05) is 30.8 Å². The average molecular weight is 366 g/mol. The molecule has 136 valence electrons. The summed E-state index contributed by atoms with van der Waals surface area (Å²) in [5, 5.41) is 0. The second-order valence-corrected chi connectivity index (χ2v) is 8.03. The molecule has 1 aliphatic rings.